The first-order valence-corrected chi connectivity index (χ1v) is 8.98. The Morgan fingerprint density at radius 2 is 1.70 bits per heavy atom. The molecule has 1 aromatic carbocycles. The lowest BCUT2D eigenvalue weighted by Crippen LogP contribution is -2.10. The van der Waals surface area contributed by atoms with Gasteiger partial charge in [-0.15, -0.1) is 0 Å². The number of anilines is 1. The largest absolute Gasteiger partial charge is 0.493 e. The quantitative estimate of drug-likeness (QED) is 0.782. The fraction of sp³-hybridized carbons (Fsp3) is 0.550. The normalized spacial score (nSPS) is 10.5. The molecule has 154 valence electrons. The van der Waals surface area contributed by atoms with Gasteiger partial charge in [-0.25, -0.2) is 0 Å². The minimum Gasteiger partial charge on any atom is -0.493 e. The molecule has 0 radical (unpaired) electrons. The Bertz CT molecular complexity index is 566. The van der Waals surface area contributed by atoms with Crippen molar-refractivity contribution < 1.29 is 28.6 Å². The lowest BCUT2D eigenvalue weighted by molar-refractivity contribution is -0.140. The standard InChI is InChI=1S/C11H13NO2.C4H8O2.C3H6O2.C2H6/c1-8(13)12-10-4-5-11-9(7-10)3-2-6-14-11;1-3-4(5)6-2;1-3(4)5-2;1-2/h4-5,7H,2-3,6H2,1H3,(H,12,13);3H2,1-2H3;1-2H3;1-2H3. The van der Waals surface area contributed by atoms with Crippen molar-refractivity contribution in [1.82, 2.24) is 0 Å². The van der Waals surface area contributed by atoms with Crippen LogP contribution in [0.5, 0.6) is 5.75 Å². The maximum atomic E-state index is 10.8. The molecule has 1 aliphatic heterocycles. The van der Waals surface area contributed by atoms with E-state index in [0.29, 0.717) is 6.42 Å². The van der Waals surface area contributed by atoms with Crippen LogP contribution in [0.4, 0.5) is 5.69 Å². The second-order valence-electron chi connectivity index (χ2n) is 5.08. The summed E-state index contributed by atoms with van der Waals surface area (Å²) in [4.78, 5) is 30.4. The first-order chi connectivity index (χ1) is 12.8. The van der Waals surface area contributed by atoms with Crippen LogP contribution < -0.4 is 10.1 Å². The molecule has 0 unspecified atom stereocenters. The number of hydrogen-bond acceptors (Lipinski definition) is 6. The molecule has 1 aliphatic rings. The molecule has 1 N–H and O–H groups in total. The minimum atomic E-state index is -0.245. The van der Waals surface area contributed by atoms with Crippen molar-refractivity contribution in [2.75, 3.05) is 26.1 Å². The van der Waals surface area contributed by atoms with Gasteiger partial charge in [-0.2, -0.15) is 0 Å². The van der Waals surface area contributed by atoms with Gasteiger partial charge < -0.3 is 19.5 Å². The highest BCUT2D eigenvalue weighted by Crippen LogP contribution is 2.27. The molecule has 1 amide bonds. The highest BCUT2D eigenvalue weighted by Gasteiger charge is 2.10. The number of nitrogens with one attached hydrogen (secondary N) is 1. The molecular formula is C20H33NO6. The average Bonchev–Trinajstić information content (AvgIpc) is 2.69. The number of amides is 1. The van der Waals surface area contributed by atoms with E-state index in [1.165, 1.54) is 33.6 Å². The number of carbonyl (C=O) groups excluding carboxylic acids is 3. The Kier molecular flexibility index (Phi) is 16.7. The smallest absolute Gasteiger partial charge is 0.305 e. The molecule has 0 atom stereocenters. The van der Waals surface area contributed by atoms with Crippen molar-refractivity contribution in [2.45, 2.75) is 53.9 Å². The number of carbonyl (C=O) groups is 3. The van der Waals surface area contributed by atoms with E-state index in [1.807, 2.05) is 32.0 Å². The zero-order valence-electron chi connectivity index (χ0n) is 17.5. The molecule has 27 heavy (non-hydrogen) atoms. The Morgan fingerprint density at radius 3 is 2.11 bits per heavy atom. The predicted octanol–water partition coefficient (Wildman–Crippen LogP) is 3.74. The fourth-order valence-corrected chi connectivity index (χ4v) is 1.79. The predicted molar refractivity (Wildman–Crippen MR) is 106 cm³/mol. The fourth-order valence-electron chi connectivity index (χ4n) is 1.79. The summed E-state index contributed by atoms with van der Waals surface area (Å²) in [5.41, 5.74) is 2.03. The summed E-state index contributed by atoms with van der Waals surface area (Å²) in [5, 5.41) is 2.76. The summed E-state index contributed by atoms with van der Waals surface area (Å²) in [6.45, 7) is 9.42. The van der Waals surface area contributed by atoms with E-state index >= 15 is 0 Å². The third-order valence-electron chi connectivity index (χ3n) is 3.03. The van der Waals surface area contributed by atoms with Gasteiger partial charge in [-0.1, -0.05) is 20.8 Å². The maximum absolute atomic E-state index is 10.8. The second kappa shape index (κ2) is 16.9. The van der Waals surface area contributed by atoms with Crippen LogP contribution in [-0.4, -0.2) is 38.7 Å². The molecule has 0 aromatic heterocycles. The van der Waals surface area contributed by atoms with E-state index < -0.39 is 0 Å². The van der Waals surface area contributed by atoms with Gasteiger partial charge in [0, 0.05) is 26.0 Å². The maximum Gasteiger partial charge on any atom is 0.305 e. The van der Waals surface area contributed by atoms with Crippen LogP contribution in [-0.2, 0) is 30.3 Å². The molecule has 0 saturated carbocycles. The SMILES string of the molecule is CC.CC(=O)Nc1ccc2c(c1)CCCO2.CCC(=O)OC.COC(C)=O. The molecule has 0 fully saturated rings. The number of fused-ring (bicyclic) bond motifs is 1. The van der Waals surface area contributed by atoms with E-state index in [1.54, 1.807) is 6.92 Å². The zero-order chi connectivity index (χ0) is 21.2. The number of esters is 2. The molecule has 7 nitrogen and oxygen atoms in total. The third kappa shape index (κ3) is 14.3. The number of benzene rings is 1. The van der Waals surface area contributed by atoms with Crippen LogP contribution in [0, 0.1) is 0 Å². The highest BCUT2D eigenvalue weighted by molar-refractivity contribution is 5.88. The summed E-state index contributed by atoms with van der Waals surface area (Å²) in [7, 11) is 2.73. The number of ether oxygens (including phenoxy) is 3. The van der Waals surface area contributed by atoms with E-state index in [9.17, 15) is 14.4 Å². The summed E-state index contributed by atoms with van der Waals surface area (Å²) >= 11 is 0. The summed E-state index contributed by atoms with van der Waals surface area (Å²) in [6, 6.07) is 5.77. The van der Waals surface area contributed by atoms with Crippen molar-refractivity contribution in [2.24, 2.45) is 0 Å². The van der Waals surface area contributed by atoms with Crippen molar-refractivity contribution in [3.05, 3.63) is 23.8 Å². The lowest BCUT2D eigenvalue weighted by atomic mass is 10.1. The molecule has 0 spiro atoms. The molecule has 0 aliphatic carbocycles. The summed E-state index contributed by atoms with van der Waals surface area (Å²) in [5.74, 6) is 0.507. The Hall–Kier alpha value is -2.57. The van der Waals surface area contributed by atoms with Gasteiger partial charge in [0.15, 0.2) is 0 Å². The summed E-state index contributed by atoms with van der Waals surface area (Å²) < 4.78 is 13.8. The van der Waals surface area contributed by atoms with Crippen LogP contribution in [0.15, 0.2) is 18.2 Å². The van der Waals surface area contributed by atoms with Gasteiger partial charge in [0.25, 0.3) is 0 Å². The van der Waals surface area contributed by atoms with Crippen molar-refractivity contribution in [3.8, 4) is 5.75 Å². The number of rotatable bonds is 2. The van der Waals surface area contributed by atoms with Crippen molar-refractivity contribution in [3.63, 3.8) is 0 Å². The molecule has 1 heterocycles. The highest BCUT2D eigenvalue weighted by atomic mass is 16.5. The van der Waals surface area contributed by atoms with Gasteiger partial charge in [-0.3, -0.25) is 14.4 Å². The molecule has 2 rings (SSSR count). The molecule has 0 bridgehead atoms. The minimum absolute atomic E-state index is 0.0401. The second-order valence-corrected chi connectivity index (χ2v) is 5.08. The molecular weight excluding hydrogens is 350 g/mol. The van der Waals surface area contributed by atoms with Crippen LogP contribution >= 0.6 is 0 Å². The van der Waals surface area contributed by atoms with E-state index in [4.69, 9.17) is 4.74 Å². The number of methoxy groups -OCH3 is 2. The van der Waals surface area contributed by atoms with Crippen LogP contribution in [0.25, 0.3) is 0 Å². The molecule has 7 heteroatoms. The zero-order valence-corrected chi connectivity index (χ0v) is 17.5. The Labute approximate surface area is 162 Å². The van der Waals surface area contributed by atoms with Crippen molar-refractivity contribution in [1.29, 1.82) is 0 Å². The molecule has 0 saturated heterocycles. The van der Waals surface area contributed by atoms with Gasteiger partial charge in [0.2, 0.25) is 5.91 Å². The van der Waals surface area contributed by atoms with E-state index in [2.05, 4.69) is 14.8 Å². The number of aryl methyl sites for hydroxylation is 1. The first-order valence-electron chi connectivity index (χ1n) is 8.98. The van der Waals surface area contributed by atoms with Gasteiger partial charge in [0.1, 0.15) is 5.75 Å². The van der Waals surface area contributed by atoms with Crippen LogP contribution in [0.2, 0.25) is 0 Å². The van der Waals surface area contributed by atoms with Crippen LogP contribution in [0.1, 0.15) is 53.0 Å². The topological polar surface area (TPSA) is 90.9 Å². The van der Waals surface area contributed by atoms with Gasteiger partial charge in [-0.05, 0) is 36.6 Å². The lowest BCUT2D eigenvalue weighted by Gasteiger charge is -2.17. The average molecular weight is 383 g/mol. The van der Waals surface area contributed by atoms with Gasteiger partial charge in [0.05, 0.1) is 20.8 Å². The summed E-state index contributed by atoms with van der Waals surface area (Å²) in [6.07, 6.45) is 2.55. The monoisotopic (exact) mass is 383 g/mol. The molecule has 1 aromatic rings. The Morgan fingerprint density at radius 1 is 1.11 bits per heavy atom. The Balaban J connectivity index is 0. The third-order valence-corrected chi connectivity index (χ3v) is 3.03. The van der Waals surface area contributed by atoms with E-state index in [-0.39, 0.29) is 17.8 Å². The van der Waals surface area contributed by atoms with Crippen molar-refractivity contribution >= 4 is 23.5 Å². The number of hydrogen-bond donors (Lipinski definition) is 1. The first kappa shape index (κ1) is 26.7. The van der Waals surface area contributed by atoms with E-state index in [0.717, 1.165) is 30.9 Å². The van der Waals surface area contributed by atoms with Gasteiger partial charge >= 0.3 is 11.9 Å². The van der Waals surface area contributed by atoms with Crippen LogP contribution in [0.3, 0.4) is 0 Å².